The van der Waals surface area contributed by atoms with Gasteiger partial charge in [0.15, 0.2) is 0 Å². The molecule has 72 valence electrons. The highest BCUT2D eigenvalue weighted by Gasteiger charge is 2.06. The Morgan fingerprint density at radius 1 is 1.31 bits per heavy atom. The van der Waals surface area contributed by atoms with E-state index < -0.39 is 0 Å². The minimum Gasteiger partial charge on any atom is -0.313 e. The summed E-state index contributed by atoms with van der Waals surface area (Å²) in [5.74, 6) is 0. The van der Waals surface area contributed by atoms with Gasteiger partial charge in [-0.2, -0.15) is 0 Å². The second-order valence-corrected chi connectivity index (χ2v) is 4.43. The highest BCUT2D eigenvalue weighted by Crippen LogP contribution is 2.18. The SMILES string of the molecule is CCCC(NC)c1ccc(I)cc1. The summed E-state index contributed by atoms with van der Waals surface area (Å²) in [6, 6.07) is 9.25. The van der Waals surface area contributed by atoms with E-state index in [-0.39, 0.29) is 0 Å². The lowest BCUT2D eigenvalue weighted by atomic mass is 10.0. The van der Waals surface area contributed by atoms with Crippen LogP contribution >= 0.6 is 22.6 Å². The molecule has 0 heterocycles. The van der Waals surface area contributed by atoms with Gasteiger partial charge >= 0.3 is 0 Å². The van der Waals surface area contributed by atoms with Crippen LogP contribution in [0.5, 0.6) is 0 Å². The van der Waals surface area contributed by atoms with Crippen LogP contribution in [0, 0.1) is 3.57 Å². The molecule has 0 saturated heterocycles. The summed E-state index contributed by atoms with van der Waals surface area (Å²) in [6.07, 6.45) is 2.43. The molecule has 0 bridgehead atoms. The van der Waals surface area contributed by atoms with Gasteiger partial charge in [-0.1, -0.05) is 25.5 Å². The van der Waals surface area contributed by atoms with E-state index in [1.807, 2.05) is 7.05 Å². The number of hydrogen-bond acceptors (Lipinski definition) is 1. The Hall–Kier alpha value is -0.0900. The second kappa shape index (κ2) is 5.60. The van der Waals surface area contributed by atoms with Gasteiger partial charge in [0.25, 0.3) is 0 Å². The number of nitrogens with one attached hydrogen (secondary N) is 1. The third-order valence-corrected chi connectivity index (χ3v) is 2.92. The van der Waals surface area contributed by atoms with Crippen molar-refractivity contribution in [2.24, 2.45) is 0 Å². The van der Waals surface area contributed by atoms with Crippen LogP contribution in [-0.4, -0.2) is 7.05 Å². The van der Waals surface area contributed by atoms with Crippen molar-refractivity contribution >= 4 is 22.6 Å². The van der Waals surface area contributed by atoms with Crippen molar-refractivity contribution in [3.63, 3.8) is 0 Å². The van der Waals surface area contributed by atoms with E-state index in [0.717, 1.165) is 0 Å². The average molecular weight is 289 g/mol. The second-order valence-electron chi connectivity index (χ2n) is 3.18. The molecule has 1 rings (SSSR count). The molecule has 1 N–H and O–H groups in total. The lowest BCUT2D eigenvalue weighted by molar-refractivity contribution is 0.541. The minimum absolute atomic E-state index is 0.516. The van der Waals surface area contributed by atoms with Crippen molar-refractivity contribution in [1.82, 2.24) is 5.32 Å². The Labute approximate surface area is 94.1 Å². The largest absolute Gasteiger partial charge is 0.313 e. The van der Waals surface area contributed by atoms with Crippen LogP contribution in [0.1, 0.15) is 31.4 Å². The Bertz CT molecular complexity index is 243. The molecule has 0 spiro atoms. The first-order valence-electron chi connectivity index (χ1n) is 4.70. The van der Waals surface area contributed by atoms with Crippen LogP contribution in [0.25, 0.3) is 0 Å². The van der Waals surface area contributed by atoms with Gasteiger partial charge in [-0.3, -0.25) is 0 Å². The van der Waals surface area contributed by atoms with Crippen LogP contribution in [-0.2, 0) is 0 Å². The number of halogens is 1. The fourth-order valence-electron chi connectivity index (χ4n) is 1.46. The maximum absolute atomic E-state index is 3.34. The molecular formula is C11H16IN. The van der Waals surface area contributed by atoms with Crippen LogP contribution in [0.2, 0.25) is 0 Å². The molecule has 1 aromatic carbocycles. The fraction of sp³-hybridized carbons (Fsp3) is 0.455. The monoisotopic (exact) mass is 289 g/mol. The van der Waals surface area contributed by atoms with Crippen molar-refractivity contribution in [3.05, 3.63) is 33.4 Å². The van der Waals surface area contributed by atoms with E-state index in [1.54, 1.807) is 0 Å². The first-order valence-corrected chi connectivity index (χ1v) is 5.78. The van der Waals surface area contributed by atoms with Crippen LogP contribution in [0.15, 0.2) is 24.3 Å². The summed E-state index contributed by atoms with van der Waals surface area (Å²) in [7, 11) is 2.03. The van der Waals surface area contributed by atoms with E-state index in [9.17, 15) is 0 Å². The predicted molar refractivity (Wildman–Crippen MR) is 65.9 cm³/mol. The fourth-order valence-corrected chi connectivity index (χ4v) is 1.82. The van der Waals surface area contributed by atoms with Gasteiger partial charge in [0.05, 0.1) is 0 Å². The molecule has 0 aliphatic heterocycles. The summed E-state index contributed by atoms with van der Waals surface area (Å²) in [5, 5.41) is 3.34. The average Bonchev–Trinajstić information content (AvgIpc) is 2.16. The Morgan fingerprint density at radius 3 is 2.38 bits per heavy atom. The molecule has 1 atom stereocenters. The van der Waals surface area contributed by atoms with E-state index in [4.69, 9.17) is 0 Å². The molecule has 0 aromatic heterocycles. The van der Waals surface area contributed by atoms with Crippen molar-refractivity contribution < 1.29 is 0 Å². The van der Waals surface area contributed by atoms with Gasteiger partial charge in [-0.15, -0.1) is 0 Å². The predicted octanol–water partition coefficient (Wildman–Crippen LogP) is 3.35. The van der Waals surface area contributed by atoms with Crippen molar-refractivity contribution in [3.8, 4) is 0 Å². The summed E-state index contributed by atoms with van der Waals surface area (Å²) >= 11 is 2.33. The molecule has 1 unspecified atom stereocenters. The van der Waals surface area contributed by atoms with Crippen LogP contribution < -0.4 is 5.32 Å². The topological polar surface area (TPSA) is 12.0 Å². The Morgan fingerprint density at radius 2 is 1.92 bits per heavy atom. The first-order chi connectivity index (χ1) is 6.27. The van der Waals surface area contributed by atoms with Gasteiger partial charge < -0.3 is 5.32 Å². The number of benzene rings is 1. The highest BCUT2D eigenvalue weighted by atomic mass is 127. The molecule has 0 fully saturated rings. The molecule has 13 heavy (non-hydrogen) atoms. The zero-order valence-corrected chi connectivity index (χ0v) is 10.3. The third-order valence-electron chi connectivity index (χ3n) is 2.20. The van der Waals surface area contributed by atoms with Crippen molar-refractivity contribution in [1.29, 1.82) is 0 Å². The van der Waals surface area contributed by atoms with Crippen molar-refractivity contribution in [2.75, 3.05) is 7.05 Å². The molecule has 1 nitrogen and oxygen atoms in total. The van der Waals surface area contributed by atoms with E-state index in [2.05, 4.69) is 59.1 Å². The molecule has 0 aliphatic carbocycles. The Kier molecular flexibility index (Phi) is 4.73. The standard InChI is InChI=1S/C11H16IN/c1-3-4-11(13-2)9-5-7-10(12)8-6-9/h5-8,11,13H,3-4H2,1-2H3. The summed E-state index contributed by atoms with van der Waals surface area (Å²) in [6.45, 7) is 2.22. The zero-order chi connectivity index (χ0) is 9.68. The molecule has 1 aromatic rings. The van der Waals surface area contributed by atoms with Gasteiger partial charge in [-0.05, 0) is 53.8 Å². The maximum atomic E-state index is 3.34. The minimum atomic E-state index is 0.516. The first kappa shape index (κ1) is 11.0. The maximum Gasteiger partial charge on any atom is 0.0317 e. The lowest BCUT2D eigenvalue weighted by Gasteiger charge is -2.15. The molecular weight excluding hydrogens is 273 g/mol. The molecule has 0 aliphatic rings. The van der Waals surface area contributed by atoms with Crippen molar-refractivity contribution in [2.45, 2.75) is 25.8 Å². The normalized spacial score (nSPS) is 12.8. The summed E-state index contributed by atoms with van der Waals surface area (Å²) in [5.41, 5.74) is 1.39. The highest BCUT2D eigenvalue weighted by molar-refractivity contribution is 14.1. The smallest absolute Gasteiger partial charge is 0.0317 e. The summed E-state index contributed by atoms with van der Waals surface area (Å²) < 4.78 is 1.30. The summed E-state index contributed by atoms with van der Waals surface area (Å²) in [4.78, 5) is 0. The molecule has 2 heteroatoms. The van der Waals surface area contributed by atoms with Gasteiger partial charge in [0.2, 0.25) is 0 Å². The number of rotatable bonds is 4. The van der Waals surface area contributed by atoms with Gasteiger partial charge in [0, 0.05) is 9.61 Å². The third kappa shape index (κ3) is 3.27. The quantitative estimate of drug-likeness (QED) is 0.838. The zero-order valence-electron chi connectivity index (χ0n) is 8.18. The van der Waals surface area contributed by atoms with Crippen LogP contribution in [0.3, 0.4) is 0 Å². The Balaban J connectivity index is 2.73. The van der Waals surface area contributed by atoms with E-state index in [0.29, 0.717) is 6.04 Å². The molecule has 0 saturated carbocycles. The molecule has 0 radical (unpaired) electrons. The van der Waals surface area contributed by atoms with E-state index in [1.165, 1.54) is 22.0 Å². The van der Waals surface area contributed by atoms with E-state index >= 15 is 0 Å². The van der Waals surface area contributed by atoms with Crippen LogP contribution in [0.4, 0.5) is 0 Å². The lowest BCUT2D eigenvalue weighted by Crippen LogP contribution is -2.15. The number of hydrogen-bond donors (Lipinski definition) is 1. The van der Waals surface area contributed by atoms with Gasteiger partial charge in [0.1, 0.15) is 0 Å². The van der Waals surface area contributed by atoms with Gasteiger partial charge in [-0.25, -0.2) is 0 Å². The molecule has 0 amide bonds.